The molecule has 0 aliphatic rings. The molecule has 1 unspecified atom stereocenters. The maximum Gasteiger partial charge on any atom is 0.213 e. The highest BCUT2D eigenvalue weighted by Gasteiger charge is 2.08. The Morgan fingerprint density at radius 3 is 2.50 bits per heavy atom. The van der Waals surface area contributed by atoms with Crippen molar-refractivity contribution in [1.82, 2.24) is 15.6 Å². The van der Waals surface area contributed by atoms with E-state index < -0.39 is 0 Å². The number of guanidine groups is 1. The number of rotatable bonds is 8. The second kappa shape index (κ2) is 10.0. The first-order valence-corrected chi connectivity index (χ1v) is 8.18. The van der Waals surface area contributed by atoms with Crippen molar-refractivity contribution in [3.8, 4) is 5.88 Å². The highest BCUT2D eigenvalue weighted by Crippen LogP contribution is 2.15. The van der Waals surface area contributed by atoms with E-state index in [9.17, 15) is 0 Å². The van der Waals surface area contributed by atoms with Gasteiger partial charge >= 0.3 is 0 Å². The van der Waals surface area contributed by atoms with Crippen LogP contribution in [0.3, 0.4) is 0 Å². The van der Waals surface area contributed by atoms with E-state index in [2.05, 4.69) is 55.2 Å². The van der Waals surface area contributed by atoms with Gasteiger partial charge < -0.3 is 15.4 Å². The first kappa shape index (κ1) is 18.3. The fourth-order valence-corrected chi connectivity index (χ4v) is 2.21. The molecular formula is C17H30N4O. The van der Waals surface area contributed by atoms with E-state index >= 15 is 0 Å². The molecular weight excluding hydrogens is 276 g/mol. The average Bonchev–Trinajstić information content (AvgIpc) is 2.44. The van der Waals surface area contributed by atoms with Crippen molar-refractivity contribution in [2.45, 2.75) is 53.7 Å². The van der Waals surface area contributed by atoms with Crippen LogP contribution in [0.4, 0.5) is 0 Å². The van der Waals surface area contributed by atoms with Crippen molar-refractivity contribution in [1.29, 1.82) is 0 Å². The number of aliphatic imine (C=N–C) groups is 1. The molecule has 0 bridgehead atoms. The highest BCUT2D eigenvalue weighted by molar-refractivity contribution is 5.79. The number of nitrogens with zero attached hydrogens (tertiary/aromatic N) is 2. The van der Waals surface area contributed by atoms with Crippen LogP contribution in [0.1, 0.15) is 46.6 Å². The Morgan fingerprint density at radius 2 is 1.91 bits per heavy atom. The van der Waals surface area contributed by atoms with Gasteiger partial charge in [-0.1, -0.05) is 13.8 Å². The van der Waals surface area contributed by atoms with Crippen LogP contribution >= 0.6 is 0 Å². The maximum absolute atomic E-state index is 5.88. The first-order valence-electron chi connectivity index (χ1n) is 8.18. The monoisotopic (exact) mass is 306 g/mol. The number of nitrogens with one attached hydrogen (secondary N) is 2. The number of hydrogen-bond acceptors (Lipinski definition) is 3. The Bertz CT molecular complexity index is 452. The van der Waals surface area contributed by atoms with Crippen LogP contribution in [-0.4, -0.2) is 30.1 Å². The molecule has 0 amide bonds. The fourth-order valence-electron chi connectivity index (χ4n) is 2.21. The zero-order chi connectivity index (χ0) is 16.4. The molecule has 1 atom stereocenters. The lowest BCUT2D eigenvalue weighted by molar-refractivity contribution is 0.185. The largest absolute Gasteiger partial charge is 0.475 e. The van der Waals surface area contributed by atoms with Crippen molar-refractivity contribution in [2.75, 3.05) is 13.1 Å². The van der Waals surface area contributed by atoms with Gasteiger partial charge in [-0.3, -0.25) is 0 Å². The van der Waals surface area contributed by atoms with Crippen LogP contribution < -0.4 is 15.4 Å². The lowest BCUT2D eigenvalue weighted by Crippen LogP contribution is -2.36. The van der Waals surface area contributed by atoms with Crippen molar-refractivity contribution < 1.29 is 4.74 Å². The average molecular weight is 306 g/mol. The van der Waals surface area contributed by atoms with Crippen LogP contribution in [0.2, 0.25) is 0 Å². The van der Waals surface area contributed by atoms with Gasteiger partial charge in [0.2, 0.25) is 5.88 Å². The molecule has 1 rings (SSSR count). The standard InChI is InChI=1S/C17H30N4O/c1-6-18-17(19-7-2)21-12-15-8-9-20-16(11-15)22-14(5)10-13(3)4/h8-9,11,13-14H,6-7,10,12H2,1-5H3,(H2,18,19,21). The Hall–Kier alpha value is -1.78. The highest BCUT2D eigenvalue weighted by atomic mass is 16.5. The normalized spacial score (nSPS) is 11.9. The Kier molecular flexibility index (Phi) is 8.33. The molecule has 22 heavy (non-hydrogen) atoms. The summed E-state index contributed by atoms with van der Waals surface area (Å²) in [6.07, 6.45) is 2.97. The second-order valence-electron chi connectivity index (χ2n) is 5.79. The van der Waals surface area contributed by atoms with E-state index in [1.54, 1.807) is 6.20 Å². The van der Waals surface area contributed by atoms with E-state index in [0.717, 1.165) is 31.0 Å². The number of hydrogen-bond donors (Lipinski definition) is 2. The SMILES string of the molecule is CCNC(=NCc1ccnc(OC(C)CC(C)C)c1)NCC. The van der Waals surface area contributed by atoms with Crippen LogP contribution in [0.5, 0.6) is 5.88 Å². The van der Waals surface area contributed by atoms with Crippen LogP contribution in [0.15, 0.2) is 23.3 Å². The smallest absolute Gasteiger partial charge is 0.213 e. The number of aromatic nitrogens is 1. The molecule has 5 heteroatoms. The molecule has 1 heterocycles. The molecule has 0 aliphatic heterocycles. The molecule has 0 aliphatic carbocycles. The molecule has 5 nitrogen and oxygen atoms in total. The van der Waals surface area contributed by atoms with Crippen molar-refractivity contribution >= 4 is 5.96 Å². The van der Waals surface area contributed by atoms with Gasteiger partial charge in [0.05, 0.1) is 12.6 Å². The topological polar surface area (TPSA) is 58.5 Å². The minimum Gasteiger partial charge on any atom is -0.475 e. The molecule has 0 saturated carbocycles. The van der Waals surface area contributed by atoms with E-state index in [1.165, 1.54) is 0 Å². The summed E-state index contributed by atoms with van der Waals surface area (Å²) >= 11 is 0. The summed E-state index contributed by atoms with van der Waals surface area (Å²) in [5, 5.41) is 6.43. The van der Waals surface area contributed by atoms with E-state index in [0.29, 0.717) is 18.3 Å². The predicted molar refractivity (Wildman–Crippen MR) is 92.3 cm³/mol. The number of ether oxygens (including phenoxy) is 1. The van der Waals surface area contributed by atoms with Gasteiger partial charge in [0, 0.05) is 25.4 Å². The van der Waals surface area contributed by atoms with Gasteiger partial charge in [0.15, 0.2) is 5.96 Å². The molecule has 0 saturated heterocycles. The molecule has 124 valence electrons. The lowest BCUT2D eigenvalue weighted by atomic mass is 10.1. The summed E-state index contributed by atoms with van der Waals surface area (Å²) in [4.78, 5) is 8.84. The van der Waals surface area contributed by atoms with Crippen LogP contribution in [-0.2, 0) is 6.54 Å². The zero-order valence-corrected chi connectivity index (χ0v) is 14.5. The third-order valence-corrected chi connectivity index (χ3v) is 3.03. The molecule has 2 N–H and O–H groups in total. The zero-order valence-electron chi connectivity index (χ0n) is 14.5. The molecule has 0 fully saturated rings. The Balaban J connectivity index is 2.65. The second-order valence-corrected chi connectivity index (χ2v) is 5.79. The number of pyridine rings is 1. The summed E-state index contributed by atoms with van der Waals surface area (Å²) < 4.78 is 5.88. The van der Waals surface area contributed by atoms with Gasteiger partial charge in [0.1, 0.15) is 0 Å². The van der Waals surface area contributed by atoms with Gasteiger partial charge in [0.25, 0.3) is 0 Å². The summed E-state index contributed by atoms with van der Waals surface area (Å²) in [5.41, 5.74) is 1.09. The van der Waals surface area contributed by atoms with Gasteiger partial charge in [-0.25, -0.2) is 9.98 Å². The Labute approximate surface area is 134 Å². The molecule has 1 aromatic rings. The third kappa shape index (κ3) is 7.29. The van der Waals surface area contributed by atoms with Crippen molar-refractivity contribution in [3.63, 3.8) is 0 Å². The minimum absolute atomic E-state index is 0.172. The van der Waals surface area contributed by atoms with E-state index in [-0.39, 0.29) is 6.10 Å². The summed E-state index contributed by atoms with van der Waals surface area (Å²) in [6.45, 7) is 12.9. The predicted octanol–water partition coefficient (Wildman–Crippen LogP) is 2.97. The van der Waals surface area contributed by atoms with Crippen LogP contribution in [0.25, 0.3) is 0 Å². The van der Waals surface area contributed by atoms with Crippen LogP contribution in [0, 0.1) is 5.92 Å². The van der Waals surface area contributed by atoms with Gasteiger partial charge in [-0.05, 0) is 44.7 Å². The van der Waals surface area contributed by atoms with Gasteiger partial charge in [-0.15, -0.1) is 0 Å². The minimum atomic E-state index is 0.172. The van der Waals surface area contributed by atoms with E-state index in [1.807, 2.05) is 12.1 Å². The summed E-state index contributed by atoms with van der Waals surface area (Å²) in [5.74, 6) is 2.12. The lowest BCUT2D eigenvalue weighted by Gasteiger charge is -2.16. The molecule has 0 spiro atoms. The van der Waals surface area contributed by atoms with Crippen molar-refractivity contribution in [3.05, 3.63) is 23.9 Å². The maximum atomic E-state index is 5.88. The first-order chi connectivity index (χ1) is 10.5. The molecule has 1 aromatic heterocycles. The summed E-state index contributed by atoms with van der Waals surface area (Å²) in [6, 6.07) is 3.94. The fraction of sp³-hybridized carbons (Fsp3) is 0.647. The third-order valence-electron chi connectivity index (χ3n) is 3.03. The summed E-state index contributed by atoms with van der Waals surface area (Å²) in [7, 11) is 0. The Morgan fingerprint density at radius 1 is 1.23 bits per heavy atom. The quantitative estimate of drug-likeness (QED) is 0.572. The van der Waals surface area contributed by atoms with Crippen molar-refractivity contribution in [2.24, 2.45) is 10.9 Å². The molecule has 0 radical (unpaired) electrons. The van der Waals surface area contributed by atoms with Gasteiger partial charge in [-0.2, -0.15) is 0 Å². The molecule has 0 aromatic carbocycles. The van der Waals surface area contributed by atoms with E-state index in [4.69, 9.17) is 4.74 Å².